The highest BCUT2D eigenvalue weighted by atomic mass is 79.9. The predicted molar refractivity (Wildman–Crippen MR) is 83.2 cm³/mol. The van der Waals surface area contributed by atoms with Crippen LogP contribution in [0.4, 0.5) is 5.69 Å². The molecule has 0 aliphatic carbocycles. The van der Waals surface area contributed by atoms with Crippen LogP contribution in [0.3, 0.4) is 0 Å². The largest absolute Gasteiger partial charge is 0.322 e. The Hall–Kier alpha value is -1.75. The first kappa shape index (κ1) is 14.7. The molecule has 1 aromatic carbocycles. The van der Waals surface area contributed by atoms with Crippen molar-refractivity contribution < 1.29 is 4.79 Å². The maximum absolute atomic E-state index is 12.4. The van der Waals surface area contributed by atoms with Crippen molar-refractivity contribution in [2.24, 2.45) is 0 Å². The number of carbonyl (C=O) groups is 1. The van der Waals surface area contributed by atoms with Crippen molar-refractivity contribution in [3.63, 3.8) is 0 Å². The summed E-state index contributed by atoms with van der Waals surface area (Å²) in [4.78, 5) is 12.5. The number of aryl methyl sites for hydroxylation is 2. The van der Waals surface area contributed by atoms with Crippen molar-refractivity contribution in [2.75, 3.05) is 5.32 Å². The number of hydrogen-bond donors (Lipinski definition) is 1. The molecular weight excluding hydrogens is 318 g/mol. The summed E-state index contributed by atoms with van der Waals surface area (Å²) in [7, 11) is 0. The Morgan fingerprint density at radius 2 is 1.95 bits per heavy atom. The Morgan fingerprint density at radius 3 is 2.65 bits per heavy atom. The normalized spacial score (nSPS) is 12.0. The molecule has 0 radical (unpaired) electrons. The third kappa shape index (κ3) is 3.22. The van der Waals surface area contributed by atoms with Crippen LogP contribution in [0.25, 0.3) is 0 Å². The van der Waals surface area contributed by atoms with Gasteiger partial charge in [0, 0.05) is 10.5 Å². The van der Waals surface area contributed by atoms with Gasteiger partial charge in [-0.2, -0.15) is 10.2 Å². The molecule has 4 nitrogen and oxygen atoms in total. The number of halogens is 1. The summed E-state index contributed by atoms with van der Waals surface area (Å²) in [6, 6.07) is 9.47. The van der Waals surface area contributed by atoms with Crippen molar-refractivity contribution in [3.05, 3.63) is 52.8 Å². The zero-order valence-corrected chi connectivity index (χ0v) is 13.2. The van der Waals surface area contributed by atoms with E-state index in [1.807, 2.05) is 38.1 Å². The highest BCUT2D eigenvalue weighted by molar-refractivity contribution is 9.09. The molecule has 1 amide bonds. The quantitative estimate of drug-likeness (QED) is 0.869. The number of aromatic nitrogens is 2. The van der Waals surface area contributed by atoms with Gasteiger partial charge < -0.3 is 5.32 Å². The highest BCUT2D eigenvalue weighted by Gasteiger charge is 2.14. The van der Waals surface area contributed by atoms with Gasteiger partial charge in [0.15, 0.2) is 0 Å². The van der Waals surface area contributed by atoms with E-state index in [-0.39, 0.29) is 10.7 Å². The summed E-state index contributed by atoms with van der Waals surface area (Å²) in [5.41, 5.74) is 3.74. The molecule has 20 heavy (non-hydrogen) atoms. The number of carbonyl (C=O) groups excluding carboxylic acids is 1. The Kier molecular flexibility index (Phi) is 4.49. The first-order valence-corrected chi connectivity index (χ1v) is 7.26. The zero-order valence-electron chi connectivity index (χ0n) is 11.6. The van der Waals surface area contributed by atoms with Crippen molar-refractivity contribution in [2.45, 2.75) is 25.6 Å². The second kappa shape index (κ2) is 6.13. The topological polar surface area (TPSA) is 54.9 Å². The fourth-order valence-corrected chi connectivity index (χ4v) is 2.33. The van der Waals surface area contributed by atoms with Crippen LogP contribution in [0.15, 0.2) is 30.3 Å². The van der Waals surface area contributed by atoms with E-state index in [2.05, 4.69) is 31.4 Å². The van der Waals surface area contributed by atoms with Gasteiger partial charge in [0.2, 0.25) is 0 Å². The van der Waals surface area contributed by atoms with Crippen LogP contribution in [0.1, 0.15) is 39.1 Å². The van der Waals surface area contributed by atoms with Gasteiger partial charge in [-0.05, 0) is 38.5 Å². The molecule has 0 spiro atoms. The first-order valence-electron chi connectivity index (χ1n) is 6.34. The monoisotopic (exact) mass is 333 g/mol. The number of amides is 1. The van der Waals surface area contributed by atoms with Crippen LogP contribution in [-0.2, 0) is 0 Å². The van der Waals surface area contributed by atoms with Gasteiger partial charge in [-0.15, -0.1) is 0 Å². The lowest BCUT2D eigenvalue weighted by atomic mass is 10.1. The number of benzene rings is 1. The Bertz CT molecular complexity index is 641. The lowest BCUT2D eigenvalue weighted by Crippen LogP contribution is -2.16. The van der Waals surface area contributed by atoms with Gasteiger partial charge >= 0.3 is 0 Å². The minimum absolute atomic E-state index is 0.164. The summed E-state index contributed by atoms with van der Waals surface area (Å²) >= 11 is 3.53. The van der Waals surface area contributed by atoms with E-state index in [9.17, 15) is 4.79 Å². The summed E-state index contributed by atoms with van der Waals surface area (Å²) in [6.45, 7) is 5.62. The molecule has 0 saturated carbocycles. The number of anilines is 1. The number of nitrogens with zero attached hydrogens (tertiary/aromatic N) is 2. The third-order valence-electron chi connectivity index (χ3n) is 2.98. The molecule has 1 heterocycles. The maximum Gasteiger partial charge on any atom is 0.257 e. The number of alkyl halides is 1. The molecule has 0 bridgehead atoms. The van der Waals surface area contributed by atoms with E-state index >= 15 is 0 Å². The van der Waals surface area contributed by atoms with Crippen LogP contribution in [-0.4, -0.2) is 16.1 Å². The minimum atomic E-state index is -0.166. The molecule has 0 fully saturated rings. The third-order valence-corrected chi connectivity index (χ3v) is 3.48. The van der Waals surface area contributed by atoms with Crippen LogP contribution < -0.4 is 5.32 Å². The van der Waals surface area contributed by atoms with Crippen LogP contribution in [0.5, 0.6) is 0 Å². The van der Waals surface area contributed by atoms with E-state index in [1.165, 1.54) is 0 Å². The first-order chi connectivity index (χ1) is 9.49. The number of nitrogens with one attached hydrogen (secondary N) is 1. The molecule has 1 N–H and O–H groups in total. The summed E-state index contributed by atoms with van der Waals surface area (Å²) in [5.74, 6) is -0.166. The zero-order chi connectivity index (χ0) is 14.7. The van der Waals surface area contributed by atoms with Crippen LogP contribution in [0, 0.1) is 13.8 Å². The number of rotatable bonds is 3. The molecule has 0 saturated heterocycles. The highest BCUT2D eigenvalue weighted by Crippen LogP contribution is 2.29. The maximum atomic E-state index is 12.4. The van der Waals surface area contributed by atoms with E-state index in [0.29, 0.717) is 11.3 Å². The predicted octanol–water partition coefficient (Wildman–Crippen LogP) is 3.80. The Labute approximate surface area is 126 Å². The van der Waals surface area contributed by atoms with E-state index in [4.69, 9.17) is 0 Å². The molecule has 2 aromatic rings. The lowest BCUT2D eigenvalue weighted by Gasteiger charge is -2.13. The van der Waals surface area contributed by atoms with Crippen molar-refractivity contribution in [1.29, 1.82) is 0 Å². The van der Waals surface area contributed by atoms with Crippen molar-refractivity contribution in [3.8, 4) is 0 Å². The Balaban J connectivity index is 2.31. The van der Waals surface area contributed by atoms with E-state index in [1.54, 1.807) is 13.0 Å². The van der Waals surface area contributed by atoms with Crippen LogP contribution in [0.2, 0.25) is 0 Å². The fourth-order valence-electron chi connectivity index (χ4n) is 1.93. The molecule has 1 unspecified atom stereocenters. The lowest BCUT2D eigenvalue weighted by molar-refractivity contribution is 0.102. The molecule has 2 rings (SSSR count). The number of para-hydroxylation sites is 1. The van der Waals surface area contributed by atoms with Gasteiger partial charge in [0.05, 0.1) is 17.0 Å². The second-order valence-electron chi connectivity index (χ2n) is 4.64. The molecule has 1 atom stereocenters. The summed E-state index contributed by atoms with van der Waals surface area (Å²) in [5, 5.41) is 10.9. The second-order valence-corrected chi connectivity index (χ2v) is 6.02. The number of hydrogen-bond acceptors (Lipinski definition) is 3. The SMILES string of the molecule is Cc1cc(C(=O)Nc2ccccc2C(C)Br)c(C)nn1. The molecule has 5 heteroatoms. The van der Waals surface area contributed by atoms with E-state index < -0.39 is 0 Å². The van der Waals surface area contributed by atoms with Gasteiger partial charge in [-0.1, -0.05) is 34.1 Å². The van der Waals surface area contributed by atoms with Gasteiger partial charge in [-0.25, -0.2) is 0 Å². The average molecular weight is 334 g/mol. The fraction of sp³-hybridized carbons (Fsp3) is 0.267. The Morgan fingerprint density at radius 1 is 1.25 bits per heavy atom. The van der Waals surface area contributed by atoms with Crippen molar-refractivity contribution in [1.82, 2.24) is 10.2 Å². The summed E-state index contributed by atoms with van der Waals surface area (Å²) in [6.07, 6.45) is 0. The smallest absolute Gasteiger partial charge is 0.257 e. The van der Waals surface area contributed by atoms with Gasteiger partial charge in [0.25, 0.3) is 5.91 Å². The summed E-state index contributed by atoms with van der Waals surface area (Å²) < 4.78 is 0. The standard InChI is InChI=1S/C15H16BrN3O/c1-9-8-13(11(3)19-18-9)15(20)17-14-7-5-4-6-12(14)10(2)16/h4-8,10H,1-3H3,(H,17,20). The molecule has 104 valence electrons. The molecular formula is C15H16BrN3O. The van der Waals surface area contributed by atoms with Gasteiger partial charge in [-0.3, -0.25) is 4.79 Å². The molecule has 1 aromatic heterocycles. The molecule has 0 aliphatic rings. The molecule has 0 aliphatic heterocycles. The minimum Gasteiger partial charge on any atom is -0.322 e. The van der Waals surface area contributed by atoms with Crippen molar-refractivity contribution >= 4 is 27.5 Å². The van der Waals surface area contributed by atoms with Gasteiger partial charge in [0.1, 0.15) is 0 Å². The van der Waals surface area contributed by atoms with E-state index in [0.717, 1.165) is 16.9 Å². The van der Waals surface area contributed by atoms with Crippen LogP contribution >= 0.6 is 15.9 Å². The average Bonchev–Trinajstić information content (AvgIpc) is 2.41.